The molecule has 3 rings (SSSR count). The molecule has 1 aromatic carbocycles. The van der Waals surface area contributed by atoms with Gasteiger partial charge < -0.3 is 15.0 Å². The Hall–Kier alpha value is -1.07. The smallest absolute Gasteiger partial charge is 0.244 e. The fraction of sp³-hybridized carbons (Fsp3) is 0.533. The zero-order chi connectivity index (χ0) is 14.1. The van der Waals surface area contributed by atoms with Gasteiger partial charge in [0.15, 0.2) is 0 Å². The molecule has 1 saturated heterocycles. The number of rotatable bonds is 4. The Morgan fingerprint density at radius 3 is 2.80 bits per heavy atom. The van der Waals surface area contributed by atoms with Gasteiger partial charge in [0.25, 0.3) is 0 Å². The predicted octanol–water partition coefficient (Wildman–Crippen LogP) is 2.71. The summed E-state index contributed by atoms with van der Waals surface area (Å²) in [6.07, 6.45) is 4.38. The number of hydrogen-bond acceptors (Lipinski definition) is 3. The van der Waals surface area contributed by atoms with Crippen LogP contribution in [0.4, 0.5) is 5.69 Å². The molecule has 1 atom stereocenters. The number of carbonyl (C=O) groups is 1. The summed E-state index contributed by atoms with van der Waals surface area (Å²) in [5.41, 5.74) is 0.906. The third kappa shape index (κ3) is 2.99. The Morgan fingerprint density at radius 1 is 1.30 bits per heavy atom. The molecule has 1 saturated carbocycles. The summed E-state index contributed by atoms with van der Waals surface area (Å²) in [5.74, 6) is 0.947. The van der Waals surface area contributed by atoms with Crippen LogP contribution < -0.4 is 15.0 Å². The molecule has 20 heavy (non-hydrogen) atoms. The van der Waals surface area contributed by atoms with Gasteiger partial charge in [0.2, 0.25) is 5.91 Å². The van der Waals surface area contributed by atoms with Crippen LogP contribution in [0.1, 0.15) is 25.7 Å². The molecule has 2 aliphatic rings. The lowest BCUT2D eigenvalue weighted by atomic mass is 10.0. The van der Waals surface area contributed by atoms with E-state index in [4.69, 9.17) is 4.74 Å². The first-order chi connectivity index (χ1) is 9.67. The van der Waals surface area contributed by atoms with Gasteiger partial charge in [-0.15, -0.1) is 0 Å². The molecule has 1 heterocycles. The number of piperidine rings is 1. The van der Waals surface area contributed by atoms with E-state index in [2.05, 4.69) is 21.2 Å². The molecule has 0 spiro atoms. The van der Waals surface area contributed by atoms with Crippen LogP contribution in [-0.2, 0) is 4.79 Å². The van der Waals surface area contributed by atoms with Crippen molar-refractivity contribution in [1.29, 1.82) is 0 Å². The fourth-order valence-electron chi connectivity index (χ4n) is 2.64. The van der Waals surface area contributed by atoms with Gasteiger partial charge in [-0.25, -0.2) is 0 Å². The first-order valence-electron chi connectivity index (χ1n) is 7.09. The van der Waals surface area contributed by atoms with Crippen molar-refractivity contribution in [3.63, 3.8) is 0 Å². The largest absolute Gasteiger partial charge is 0.497 e. The van der Waals surface area contributed by atoms with Crippen LogP contribution in [0.25, 0.3) is 0 Å². The maximum atomic E-state index is 12.6. The summed E-state index contributed by atoms with van der Waals surface area (Å²) in [6, 6.07) is 6.32. The number of ether oxygens (including phenoxy) is 1. The Labute approximate surface area is 127 Å². The minimum absolute atomic E-state index is 0.0266. The van der Waals surface area contributed by atoms with Crippen LogP contribution in [0.3, 0.4) is 0 Å². The Morgan fingerprint density at radius 2 is 2.10 bits per heavy atom. The summed E-state index contributed by atoms with van der Waals surface area (Å²) in [7, 11) is 1.64. The molecule has 0 aromatic heterocycles. The number of nitrogens with zero attached hydrogens (tertiary/aromatic N) is 1. The highest BCUT2D eigenvalue weighted by Crippen LogP contribution is 2.30. The van der Waals surface area contributed by atoms with E-state index < -0.39 is 0 Å². The molecule has 0 bridgehead atoms. The molecule has 4 nitrogen and oxygen atoms in total. The second kappa shape index (κ2) is 5.74. The Bertz CT molecular complexity index is 517. The van der Waals surface area contributed by atoms with E-state index in [0.29, 0.717) is 6.04 Å². The first-order valence-corrected chi connectivity index (χ1v) is 7.88. The zero-order valence-corrected chi connectivity index (χ0v) is 13.1. The first kappa shape index (κ1) is 13.9. The number of benzene rings is 1. The van der Waals surface area contributed by atoms with Crippen molar-refractivity contribution in [2.24, 2.45) is 0 Å². The maximum absolute atomic E-state index is 12.6. The Balaban J connectivity index is 1.80. The van der Waals surface area contributed by atoms with Crippen molar-refractivity contribution in [3.05, 3.63) is 22.7 Å². The SMILES string of the molecule is COc1cc(Br)cc(N2CCCC(NC3CC3)C2=O)c1. The third-order valence-corrected chi connectivity index (χ3v) is 4.31. The molecule has 2 fully saturated rings. The standard InChI is InChI=1S/C15H19BrN2O2/c1-20-13-8-10(16)7-12(9-13)18-6-2-3-14(15(18)19)17-11-4-5-11/h7-9,11,14,17H,2-6H2,1H3. The maximum Gasteiger partial charge on any atom is 0.244 e. The van der Waals surface area contributed by atoms with Gasteiger partial charge in [-0.3, -0.25) is 4.79 Å². The summed E-state index contributed by atoms with van der Waals surface area (Å²) in [4.78, 5) is 14.5. The van der Waals surface area contributed by atoms with E-state index in [1.54, 1.807) is 7.11 Å². The van der Waals surface area contributed by atoms with Crippen molar-refractivity contribution in [2.45, 2.75) is 37.8 Å². The number of methoxy groups -OCH3 is 1. The van der Waals surface area contributed by atoms with Gasteiger partial charge in [0.1, 0.15) is 5.75 Å². The topological polar surface area (TPSA) is 41.6 Å². The van der Waals surface area contributed by atoms with Gasteiger partial charge in [-0.2, -0.15) is 0 Å². The average molecular weight is 339 g/mol. The van der Waals surface area contributed by atoms with Gasteiger partial charge >= 0.3 is 0 Å². The predicted molar refractivity (Wildman–Crippen MR) is 82.2 cm³/mol. The molecular formula is C15H19BrN2O2. The minimum atomic E-state index is -0.0266. The second-order valence-corrected chi connectivity index (χ2v) is 6.39. The molecule has 5 heteroatoms. The molecule has 1 aliphatic carbocycles. The van der Waals surface area contributed by atoms with Crippen LogP contribution in [0, 0.1) is 0 Å². The second-order valence-electron chi connectivity index (χ2n) is 5.47. The lowest BCUT2D eigenvalue weighted by Crippen LogP contribution is -2.51. The molecule has 1 unspecified atom stereocenters. The summed E-state index contributed by atoms with van der Waals surface area (Å²) in [5, 5.41) is 3.45. The molecule has 108 valence electrons. The van der Waals surface area contributed by atoms with Gasteiger partial charge in [0.05, 0.1) is 13.2 Å². The van der Waals surface area contributed by atoms with Crippen LogP contribution in [0.15, 0.2) is 22.7 Å². The lowest BCUT2D eigenvalue weighted by Gasteiger charge is -2.33. The summed E-state index contributed by atoms with van der Waals surface area (Å²) in [6.45, 7) is 0.779. The highest BCUT2D eigenvalue weighted by molar-refractivity contribution is 9.10. The highest BCUT2D eigenvalue weighted by Gasteiger charge is 2.34. The van der Waals surface area contributed by atoms with Crippen LogP contribution in [0.5, 0.6) is 5.75 Å². The fourth-order valence-corrected chi connectivity index (χ4v) is 3.10. The number of halogens is 1. The minimum Gasteiger partial charge on any atom is -0.497 e. The van der Waals surface area contributed by atoms with E-state index in [9.17, 15) is 4.79 Å². The van der Waals surface area contributed by atoms with E-state index in [1.165, 1.54) is 12.8 Å². The monoisotopic (exact) mass is 338 g/mol. The van der Waals surface area contributed by atoms with Crippen molar-refractivity contribution in [2.75, 3.05) is 18.6 Å². The number of amides is 1. The number of nitrogens with one attached hydrogen (secondary N) is 1. The quantitative estimate of drug-likeness (QED) is 0.917. The summed E-state index contributed by atoms with van der Waals surface area (Å²) >= 11 is 3.47. The van der Waals surface area contributed by atoms with Crippen molar-refractivity contribution in [3.8, 4) is 5.75 Å². The molecule has 1 amide bonds. The Kier molecular flexibility index (Phi) is 3.98. The van der Waals surface area contributed by atoms with E-state index in [1.807, 2.05) is 23.1 Å². The normalized spacial score (nSPS) is 23.0. The lowest BCUT2D eigenvalue weighted by molar-refractivity contribution is -0.121. The van der Waals surface area contributed by atoms with Gasteiger partial charge in [-0.05, 0) is 37.8 Å². The van der Waals surface area contributed by atoms with Crippen molar-refractivity contribution in [1.82, 2.24) is 5.32 Å². The average Bonchev–Trinajstić information content (AvgIpc) is 3.24. The summed E-state index contributed by atoms with van der Waals surface area (Å²) < 4.78 is 6.21. The van der Waals surface area contributed by atoms with Crippen LogP contribution in [-0.4, -0.2) is 31.6 Å². The molecule has 1 aliphatic heterocycles. The third-order valence-electron chi connectivity index (χ3n) is 3.86. The number of anilines is 1. The van der Waals surface area contributed by atoms with E-state index in [0.717, 1.165) is 35.3 Å². The van der Waals surface area contributed by atoms with Gasteiger partial charge in [-0.1, -0.05) is 15.9 Å². The van der Waals surface area contributed by atoms with Crippen molar-refractivity contribution >= 4 is 27.5 Å². The zero-order valence-electron chi connectivity index (χ0n) is 11.6. The molecule has 1 aromatic rings. The van der Waals surface area contributed by atoms with E-state index >= 15 is 0 Å². The van der Waals surface area contributed by atoms with E-state index in [-0.39, 0.29) is 11.9 Å². The van der Waals surface area contributed by atoms with Crippen LogP contribution >= 0.6 is 15.9 Å². The molecule has 1 N–H and O–H groups in total. The number of hydrogen-bond donors (Lipinski definition) is 1. The van der Waals surface area contributed by atoms with Gasteiger partial charge in [0, 0.05) is 28.8 Å². The molecule has 0 radical (unpaired) electrons. The molecular weight excluding hydrogens is 320 g/mol. The highest BCUT2D eigenvalue weighted by atomic mass is 79.9. The van der Waals surface area contributed by atoms with Crippen molar-refractivity contribution < 1.29 is 9.53 Å². The van der Waals surface area contributed by atoms with Crippen LogP contribution in [0.2, 0.25) is 0 Å². The number of carbonyl (C=O) groups excluding carboxylic acids is 1.